The molecule has 0 aliphatic heterocycles. The Bertz CT molecular complexity index is 776. The highest BCUT2D eigenvalue weighted by molar-refractivity contribution is 6.06. The molecular weight excluding hydrogens is 262 g/mol. The lowest BCUT2D eigenvalue weighted by Crippen LogP contribution is -2.23. The maximum absolute atomic E-state index is 12.3. The van der Waals surface area contributed by atoms with Gasteiger partial charge in [-0.15, -0.1) is 0 Å². The number of aromatic amines is 1. The van der Waals surface area contributed by atoms with Gasteiger partial charge in [0.1, 0.15) is 0 Å². The van der Waals surface area contributed by atoms with Crippen LogP contribution < -0.4 is 11.1 Å². The van der Waals surface area contributed by atoms with E-state index in [1.807, 2.05) is 48.5 Å². The lowest BCUT2D eigenvalue weighted by molar-refractivity contribution is 0.0952. The van der Waals surface area contributed by atoms with Gasteiger partial charge in [0.25, 0.3) is 5.91 Å². The normalized spacial score (nSPS) is 10.7. The van der Waals surface area contributed by atoms with Gasteiger partial charge in [0.05, 0.1) is 5.56 Å². The van der Waals surface area contributed by atoms with Gasteiger partial charge in [-0.05, 0) is 17.2 Å². The first-order valence-corrected chi connectivity index (χ1v) is 6.91. The van der Waals surface area contributed by atoms with Crippen LogP contribution in [0, 0.1) is 0 Å². The van der Waals surface area contributed by atoms with Crippen molar-refractivity contribution in [2.24, 2.45) is 5.73 Å². The Morgan fingerprint density at radius 3 is 2.57 bits per heavy atom. The van der Waals surface area contributed by atoms with Gasteiger partial charge < -0.3 is 16.0 Å². The third-order valence-electron chi connectivity index (χ3n) is 3.61. The van der Waals surface area contributed by atoms with E-state index in [2.05, 4.69) is 10.3 Å². The molecule has 3 rings (SSSR count). The van der Waals surface area contributed by atoms with Crippen LogP contribution in [0.25, 0.3) is 10.9 Å². The zero-order valence-electron chi connectivity index (χ0n) is 11.6. The number of carbonyl (C=O) groups is 1. The number of nitrogens with one attached hydrogen (secondary N) is 2. The van der Waals surface area contributed by atoms with Crippen LogP contribution in [0.3, 0.4) is 0 Å². The number of hydrogen-bond donors (Lipinski definition) is 3. The van der Waals surface area contributed by atoms with Gasteiger partial charge in [0.2, 0.25) is 0 Å². The molecule has 2 aromatic carbocycles. The van der Waals surface area contributed by atoms with Gasteiger partial charge in [-0.2, -0.15) is 0 Å². The summed E-state index contributed by atoms with van der Waals surface area (Å²) >= 11 is 0. The summed E-state index contributed by atoms with van der Waals surface area (Å²) in [4.78, 5) is 15.4. The monoisotopic (exact) mass is 279 g/mol. The van der Waals surface area contributed by atoms with Gasteiger partial charge in [0.15, 0.2) is 0 Å². The summed E-state index contributed by atoms with van der Waals surface area (Å²) in [6.07, 6.45) is 1.74. The average Bonchev–Trinajstić information content (AvgIpc) is 2.97. The Morgan fingerprint density at radius 2 is 1.76 bits per heavy atom. The van der Waals surface area contributed by atoms with E-state index in [-0.39, 0.29) is 5.91 Å². The van der Waals surface area contributed by atoms with Crippen molar-refractivity contribution in [1.82, 2.24) is 10.3 Å². The van der Waals surface area contributed by atoms with Crippen LogP contribution in [0.2, 0.25) is 0 Å². The number of nitrogens with two attached hydrogens (primary N) is 1. The van der Waals surface area contributed by atoms with E-state index in [9.17, 15) is 4.79 Å². The molecule has 0 aliphatic carbocycles. The highest BCUT2D eigenvalue weighted by atomic mass is 16.1. The molecule has 0 atom stereocenters. The predicted molar refractivity (Wildman–Crippen MR) is 83.8 cm³/mol. The van der Waals surface area contributed by atoms with Crippen LogP contribution in [0.4, 0.5) is 0 Å². The minimum absolute atomic E-state index is 0.0840. The number of fused-ring (bicyclic) bond motifs is 1. The van der Waals surface area contributed by atoms with Gasteiger partial charge >= 0.3 is 0 Å². The molecule has 0 saturated heterocycles. The molecule has 106 valence electrons. The molecule has 4 N–H and O–H groups in total. The van der Waals surface area contributed by atoms with E-state index in [4.69, 9.17) is 5.73 Å². The number of benzene rings is 2. The molecule has 0 saturated carbocycles. The summed E-state index contributed by atoms with van der Waals surface area (Å²) < 4.78 is 0. The van der Waals surface area contributed by atoms with Gasteiger partial charge in [-0.25, -0.2) is 0 Å². The highest BCUT2D eigenvalue weighted by Gasteiger charge is 2.11. The van der Waals surface area contributed by atoms with Crippen molar-refractivity contribution < 1.29 is 4.79 Å². The zero-order chi connectivity index (χ0) is 14.7. The molecule has 0 fully saturated rings. The molecular formula is C17H17N3O. The third-order valence-corrected chi connectivity index (χ3v) is 3.61. The van der Waals surface area contributed by atoms with Crippen LogP contribution in [0.5, 0.6) is 0 Å². The molecule has 0 aliphatic rings. The number of carbonyl (C=O) groups excluding carboxylic acids is 1. The molecule has 4 nitrogen and oxygen atoms in total. The fraction of sp³-hybridized carbons (Fsp3) is 0.118. The number of amides is 1. The summed E-state index contributed by atoms with van der Waals surface area (Å²) in [5.74, 6) is -0.0840. The van der Waals surface area contributed by atoms with Crippen molar-refractivity contribution in [1.29, 1.82) is 0 Å². The number of H-pyrrole nitrogens is 1. The molecule has 1 heterocycles. The first-order chi connectivity index (χ1) is 10.3. The maximum atomic E-state index is 12.3. The number of rotatable bonds is 4. The standard InChI is InChI=1S/C17H17N3O/c18-9-12-5-1-2-6-13(12)10-20-17(21)15-11-19-16-8-4-3-7-14(15)16/h1-8,11,19H,9-10,18H2,(H,20,21). The van der Waals surface area contributed by atoms with Crippen molar-refractivity contribution in [2.45, 2.75) is 13.1 Å². The summed E-state index contributed by atoms with van der Waals surface area (Å²) in [5.41, 5.74) is 9.44. The van der Waals surface area contributed by atoms with Crippen molar-refractivity contribution in [3.63, 3.8) is 0 Å². The molecule has 1 aromatic heterocycles. The first kappa shape index (κ1) is 13.4. The van der Waals surface area contributed by atoms with E-state index in [1.165, 1.54) is 0 Å². The fourth-order valence-electron chi connectivity index (χ4n) is 2.46. The van der Waals surface area contributed by atoms with Crippen molar-refractivity contribution >= 4 is 16.8 Å². The van der Waals surface area contributed by atoms with Gasteiger partial charge in [0, 0.05) is 30.2 Å². The van der Waals surface area contributed by atoms with Crippen LogP contribution in [0.15, 0.2) is 54.7 Å². The van der Waals surface area contributed by atoms with Crippen LogP contribution in [0.1, 0.15) is 21.5 Å². The molecule has 0 unspecified atom stereocenters. The second kappa shape index (κ2) is 5.81. The summed E-state index contributed by atoms with van der Waals surface area (Å²) in [6, 6.07) is 15.6. The van der Waals surface area contributed by atoms with E-state index in [0.29, 0.717) is 18.7 Å². The average molecular weight is 279 g/mol. The van der Waals surface area contributed by atoms with Crippen LogP contribution in [-0.4, -0.2) is 10.9 Å². The Kier molecular flexibility index (Phi) is 3.71. The smallest absolute Gasteiger partial charge is 0.253 e. The Hall–Kier alpha value is -2.59. The van der Waals surface area contributed by atoms with Gasteiger partial charge in [-0.3, -0.25) is 4.79 Å². The second-order valence-corrected chi connectivity index (χ2v) is 4.90. The molecule has 21 heavy (non-hydrogen) atoms. The zero-order valence-corrected chi connectivity index (χ0v) is 11.6. The summed E-state index contributed by atoms with van der Waals surface area (Å²) in [6.45, 7) is 0.949. The lowest BCUT2D eigenvalue weighted by Gasteiger charge is -2.08. The van der Waals surface area contributed by atoms with E-state index in [0.717, 1.165) is 22.0 Å². The fourth-order valence-corrected chi connectivity index (χ4v) is 2.46. The van der Waals surface area contributed by atoms with Crippen LogP contribution in [-0.2, 0) is 13.1 Å². The van der Waals surface area contributed by atoms with E-state index < -0.39 is 0 Å². The SMILES string of the molecule is NCc1ccccc1CNC(=O)c1c[nH]c2ccccc12. The largest absolute Gasteiger partial charge is 0.360 e. The Balaban J connectivity index is 1.78. The number of aromatic nitrogens is 1. The van der Waals surface area contributed by atoms with Crippen molar-refractivity contribution in [3.8, 4) is 0 Å². The van der Waals surface area contributed by atoms with Crippen molar-refractivity contribution in [2.75, 3.05) is 0 Å². The minimum Gasteiger partial charge on any atom is -0.360 e. The Labute approximate surface area is 123 Å². The maximum Gasteiger partial charge on any atom is 0.253 e. The molecule has 4 heteroatoms. The number of para-hydroxylation sites is 1. The minimum atomic E-state index is -0.0840. The van der Waals surface area contributed by atoms with Crippen molar-refractivity contribution in [3.05, 3.63) is 71.4 Å². The van der Waals surface area contributed by atoms with E-state index >= 15 is 0 Å². The molecule has 3 aromatic rings. The highest BCUT2D eigenvalue weighted by Crippen LogP contribution is 2.17. The van der Waals surface area contributed by atoms with E-state index in [1.54, 1.807) is 6.20 Å². The lowest BCUT2D eigenvalue weighted by atomic mass is 10.1. The van der Waals surface area contributed by atoms with Gasteiger partial charge in [-0.1, -0.05) is 42.5 Å². The second-order valence-electron chi connectivity index (χ2n) is 4.90. The molecule has 0 radical (unpaired) electrons. The summed E-state index contributed by atoms with van der Waals surface area (Å²) in [5, 5.41) is 3.89. The summed E-state index contributed by atoms with van der Waals surface area (Å²) in [7, 11) is 0. The Morgan fingerprint density at radius 1 is 1.05 bits per heavy atom. The molecule has 0 spiro atoms. The first-order valence-electron chi connectivity index (χ1n) is 6.91. The number of hydrogen-bond acceptors (Lipinski definition) is 2. The topological polar surface area (TPSA) is 70.9 Å². The quantitative estimate of drug-likeness (QED) is 0.687. The molecule has 1 amide bonds. The van der Waals surface area contributed by atoms with Crippen LogP contribution >= 0.6 is 0 Å². The molecule has 0 bridgehead atoms. The predicted octanol–water partition coefficient (Wildman–Crippen LogP) is 2.56. The third kappa shape index (κ3) is 2.66.